The van der Waals surface area contributed by atoms with Gasteiger partial charge < -0.3 is 152 Å². The molecule has 0 saturated carbocycles. The molecule has 6 saturated heterocycles. The molecule has 28 atom stereocenters. The number of aliphatic hydroxyl groups is 7. The molecular formula is C79H121N3O49S3. The van der Waals surface area contributed by atoms with Crippen molar-refractivity contribution in [3.8, 4) is 0 Å². The number of carbonyl (C=O) groups is 15. The topological polar surface area (TPSA) is 716 Å². The van der Waals surface area contributed by atoms with Crippen LogP contribution in [0.5, 0.6) is 0 Å². The fourth-order valence-corrected chi connectivity index (χ4v) is 15.0. The predicted molar refractivity (Wildman–Crippen MR) is 441 cm³/mol. The van der Waals surface area contributed by atoms with E-state index in [1.54, 1.807) is 27.7 Å². The normalized spacial score (nSPS) is 30.6. The zero-order valence-corrected chi connectivity index (χ0v) is 77.2. The number of carboxylic acids is 3. The Morgan fingerprint density at radius 3 is 1.12 bits per heavy atom. The van der Waals surface area contributed by atoms with Crippen LogP contribution in [0.4, 0.5) is 0 Å². The van der Waals surface area contributed by atoms with Crippen molar-refractivity contribution >= 4 is 126 Å². The zero-order valence-electron chi connectivity index (χ0n) is 74.6. The first-order valence-electron chi connectivity index (χ1n) is 42.6. The van der Waals surface area contributed by atoms with E-state index in [-0.39, 0.29) is 75.1 Å². The van der Waals surface area contributed by atoms with Crippen LogP contribution in [0.1, 0.15) is 126 Å². The van der Waals surface area contributed by atoms with E-state index in [4.69, 9.17) is 115 Å². The van der Waals surface area contributed by atoms with Crippen molar-refractivity contribution in [2.45, 2.75) is 292 Å². The second-order valence-corrected chi connectivity index (χ2v) is 33.9. The molecular weight excluding hydrogens is 1870 g/mol. The molecule has 55 heteroatoms. The number of carbonyl (C=O) groups excluding carboxylic acids is 12. The highest BCUT2D eigenvalue weighted by Gasteiger charge is 2.57. The number of esters is 9. The Bertz CT molecular complexity index is 3800. The minimum Gasteiger partial charge on any atom is -0.479 e. The maximum Gasteiger partial charge on any atom is 0.335 e. The standard InChI is InChI=1S/C79H121N3O49S3/c1-10-79(32-115-54(91)15-22-132,33-116-55(92)16-23-133)34-117-56(93)17-24-134-31-36(4)73(107)112-21-19-110-51(88)12-14-53(90)113-29-48-45(26-42(81-39(7)85)75(120-48)122-63-58(95)57(94)37(5)118-66(63)69(100)101)128-131-78-62(99)60(97)65(68(126-78)71(104)105)124-76-43(82-40(8)86)27-46(49(121-76)30-114-52(89)13-11-50(87)109-18-20-111-72(106)35(2)3)129-130-77-61(98)59(96)64(67(125-77)70(102)103)123-74-41(80-38(6)84)25-44(127-108-9)47(28-83)119-74/h35-37,41-49,57-68,74-78,83,94-99,132-133H,10-34H2,1-9H3,(H,80,84)(H,81,85)(H,82,86)(H,100,101)(H,102,103)(H,104,105)/t36?,37?,41-,42?,43-,44-,45-,46-,47?,48-,49?,57-,58+,59?,60?,61?,62+,63+,64+,65+,66?,67?,68?,74-,75-,76-,77?,78?/m0/s1. The highest BCUT2D eigenvalue weighted by molar-refractivity contribution is 7.99. The molecule has 0 radical (unpaired) electrons. The predicted octanol–water partition coefficient (Wildman–Crippen LogP) is -4.87. The van der Waals surface area contributed by atoms with Crippen LogP contribution >= 0.6 is 37.0 Å². The largest absolute Gasteiger partial charge is 0.479 e. The third-order valence-electron chi connectivity index (χ3n) is 21.0. The molecule has 6 fully saturated rings. The molecule has 6 heterocycles. The highest BCUT2D eigenvalue weighted by atomic mass is 32.2. The molecule has 6 rings (SSSR count). The third-order valence-corrected chi connectivity index (χ3v) is 22.7. The van der Waals surface area contributed by atoms with Gasteiger partial charge in [0.15, 0.2) is 37.2 Å². The number of hydrogen-bond acceptors (Lipinski definition) is 49. The number of amides is 3. The molecule has 0 spiro atoms. The molecule has 0 aromatic rings. The van der Waals surface area contributed by atoms with E-state index in [0.717, 1.165) is 27.9 Å². The number of nitrogens with one attached hydrogen (secondary N) is 3. The van der Waals surface area contributed by atoms with E-state index in [2.05, 4.69) is 41.2 Å². The van der Waals surface area contributed by atoms with E-state index in [9.17, 15) is 123 Å². The first-order chi connectivity index (χ1) is 63.5. The fourth-order valence-electron chi connectivity index (χ4n) is 13.6. The van der Waals surface area contributed by atoms with Crippen LogP contribution in [0.2, 0.25) is 0 Å². The average molecular weight is 1990 g/mol. The lowest BCUT2D eigenvalue weighted by Gasteiger charge is -2.46. The van der Waals surface area contributed by atoms with Gasteiger partial charge in [0.25, 0.3) is 0 Å². The quantitative estimate of drug-likeness (QED) is 0.00678. The van der Waals surface area contributed by atoms with Gasteiger partial charge in [-0.05, 0) is 13.3 Å². The summed E-state index contributed by atoms with van der Waals surface area (Å²) in [7, 11) is 1.15. The molecule has 3 amide bonds. The summed E-state index contributed by atoms with van der Waals surface area (Å²) in [5.74, 6) is -15.5. The van der Waals surface area contributed by atoms with Crippen molar-refractivity contribution in [2.24, 2.45) is 17.3 Å². The third kappa shape index (κ3) is 36.5. The van der Waals surface area contributed by atoms with Gasteiger partial charge in [0.2, 0.25) is 30.3 Å². The van der Waals surface area contributed by atoms with Gasteiger partial charge in [-0.3, -0.25) is 57.5 Å². The van der Waals surface area contributed by atoms with Crippen molar-refractivity contribution in [3.63, 3.8) is 0 Å². The number of aliphatic hydroxyl groups excluding tert-OH is 7. The molecule has 0 aromatic carbocycles. The van der Waals surface area contributed by atoms with E-state index in [1.807, 2.05) is 0 Å². The molecule has 13 unspecified atom stereocenters. The van der Waals surface area contributed by atoms with Crippen LogP contribution < -0.4 is 16.0 Å². The van der Waals surface area contributed by atoms with Crippen LogP contribution in [0.3, 0.4) is 0 Å². The molecule has 6 aliphatic heterocycles. The lowest BCUT2D eigenvalue weighted by Crippen LogP contribution is -2.65. The van der Waals surface area contributed by atoms with Crippen molar-refractivity contribution in [1.29, 1.82) is 0 Å². The lowest BCUT2D eigenvalue weighted by atomic mass is 9.88. The van der Waals surface area contributed by atoms with E-state index in [0.29, 0.717) is 6.42 Å². The van der Waals surface area contributed by atoms with Crippen LogP contribution in [0, 0.1) is 17.3 Å². The van der Waals surface area contributed by atoms with Gasteiger partial charge in [0, 0.05) is 63.0 Å². The number of hydrogen-bond donors (Lipinski definition) is 15. The van der Waals surface area contributed by atoms with E-state index in [1.165, 1.54) is 18.7 Å². The molecule has 13 N–H and O–H groups in total. The highest BCUT2D eigenvalue weighted by Crippen LogP contribution is 2.38. The monoisotopic (exact) mass is 1990 g/mol. The summed E-state index contributed by atoms with van der Waals surface area (Å²) in [6.45, 7) is 5.83. The second kappa shape index (κ2) is 57.6. The molecule has 6 aliphatic rings. The maximum absolute atomic E-state index is 13.5. The Morgan fingerprint density at radius 1 is 0.418 bits per heavy atom. The first-order valence-corrected chi connectivity index (χ1v) is 45.0. The number of carboxylic acid groups (broad SMARTS) is 3. The van der Waals surface area contributed by atoms with Crippen molar-refractivity contribution in [2.75, 3.05) is 96.2 Å². The van der Waals surface area contributed by atoms with Crippen LogP contribution in [-0.4, -0.2) is 402 Å². The molecule has 0 aliphatic carbocycles. The minimum absolute atomic E-state index is 0.0224. The summed E-state index contributed by atoms with van der Waals surface area (Å²) < 4.78 is 100. The van der Waals surface area contributed by atoms with E-state index >= 15 is 0 Å². The van der Waals surface area contributed by atoms with E-state index < -0.39 is 350 Å². The number of thiol groups is 2. The fraction of sp³-hybridized carbons (Fsp3) is 0.810. The maximum atomic E-state index is 13.5. The Hall–Kier alpha value is -7.78. The summed E-state index contributed by atoms with van der Waals surface area (Å²) in [4.78, 5) is 223. The number of rotatable bonds is 55. The van der Waals surface area contributed by atoms with Crippen molar-refractivity contribution in [3.05, 3.63) is 0 Å². The molecule has 0 bridgehead atoms. The van der Waals surface area contributed by atoms with Gasteiger partial charge in [-0.25, -0.2) is 43.7 Å². The molecule has 764 valence electrons. The second-order valence-electron chi connectivity index (χ2n) is 31.9. The first kappa shape index (κ1) is 115. The van der Waals surface area contributed by atoms with Crippen LogP contribution in [-0.2, 0) is 187 Å². The molecule has 52 nitrogen and oxygen atoms in total. The minimum atomic E-state index is -2.50. The summed E-state index contributed by atoms with van der Waals surface area (Å²) in [6, 6.07) is -4.33. The van der Waals surface area contributed by atoms with Gasteiger partial charge >= 0.3 is 71.6 Å². The summed E-state index contributed by atoms with van der Waals surface area (Å²) in [6.07, 6.45) is -51.5. The van der Waals surface area contributed by atoms with Gasteiger partial charge in [-0.1, -0.05) is 27.7 Å². The Labute approximate surface area is 781 Å². The van der Waals surface area contributed by atoms with Crippen molar-refractivity contribution in [1.82, 2.24) is 16.0 Å². The lowest BCUT2D eigenvalue weighted by molar-refractivity contribution is -0.461. The number of thioether (sulfide) groups is 1. The van der Waals surface area contributed by atoms with Gasteiger partial charge in [0.05, 0.1) is 100 Å². The SMILES string of the molecule is CCC(COC(=O)CCS)(COC(=O)CCS)COC(=O)CCSCC(C)C(=O)OCCOC(=O)CCC(=O)OC[C@@H]1O[C@@H](O[C@H]2C(C(=O)O)OC(C)[C@H](O)[C@H]2O)C(NC(C)=O)C[C@@H]1OOC1OC(C(=O)O)[C@H](O[C@@H]2OC(COC(=O)CCC(=O)OCCOC(=O)C(C)C)[C@@H](OOC3OC(C(=O)O)[C@H](O[C@@H]4OC(CO)[C@@H](OOC)C[C@@H]4NC(C)=O)C(O)C3O)C[C@@H]2NC(C)=O)C(O)[C@H]1O. The van der Waals surface area contributed by atoms with Gasteiger partial charge in [-0.2, -0.15) is 37.0 Å². The summed E-state index contributed by atoms with van der Waals surface area (Å²) in [5.41, 5.74) is -1.04. The van der Waals surface area contributed by atoms with Gasteiger partial charge in [0.1, 0.15) is 151 Å². The zero-order chi connectivity index (χ0) is 99.4. The molecule has 0 aromatic heterocycles. The Kier molecular flexibility index (Phi) is 49.4. The van der Waals surface area contributed by atoms with Crippen LogP contribution in [0.15, 0.2) is 0 Å². The Morgan fingerprint density at radius 2 is 0.761 bits per heavy atom. The average Bonchev–Trinajstić information content (AvgIpc) is 0.777. The van der Waals surface area contributed by atoms with Crippen molar-refractivity contribution < 1.29 is 238 Å². The van der Waals surface area contributed by atoms with Gasteiger partial charge in [-0.15, -0.1) is 0 Å². The smallest absolute Gasteiger partial charge is 0.335 e. The molecule has 134 heavy (non-hydrogen) atoms. The number of ether oxygens (including phenoxy) is 18. The van der Waals surface area contributed by atoms with Crippen LogP contribution in [0.25, 0.3) is 0 Å². The summed E-state index contributed by atoms with van der Waals surface area (Å²) in [5, 5.41) is 118. The Balaban J connectivity index is 1.14. The number of aliphatic carboxylic acids is 3. The summed E-state index contributed by atoms with van der Waals surface area (Å²) >= 11 is 9.28.